The van der Waals surface area contributed by atoms with Gasteiger partial charge >= 0.3 is 11.9 Å². The first kappa shape index (κ1) is 22.7. The fourth-order valence-corrected chi connectivity index (χ4v) is 3.55. The second-order valence-corrected chi connectivity index (χ2v) is 7.61. The number of carbonyl (C=O) groups is 4. The number of rotatable bonds is 5. The van der Waals surface area contributed by atoms with Gasteiger partial charge in [-0.25, -0.2) is 14.5 Å². The predicted molar refractivity (Wildman–Crippen MR) is 120 cm³/mol. The average Bonchev–Trinajstić information content (AvgIpc) is 3.08. The van der Waals surface area contributed by atoms with E-state index < -0.39 is 36.0 Å². The number of benzene rings is 3. The van der Waals surface area contributed by atoms with Crippen LogP contribution in [0.5, 0.6) is 0 Å². The normalized spacial score (nSPS) is 17.2. The highest BCUT2D eigenvalue weighted by Gasteiger charge is 2.54. The zero-order chi connectivity index (χ0) is 24.2. The lowest BCUT2D eigenvalue weighted by Crippen LogP contribution is -2.37. The quantitative estimate of drug-likeness (QED) is 0.410. The minimum atomic E-state index is -1.77. The first-order chi connectivity index (χ1) is 16.4. The second-order valence-electron chi connectivity index (χ2n) is 7.17. The van der Waals surface area contributed by atoms with Crippen molar-refractivity contribution in [3.63, 3.8) is 0 Å². The molecule has 3 aromatic carbocycles. The van der Waals surface area contributed by atoms with Gasteiger partial charge in [-0.2, -0.15) is 5.26 Å². The number of imide groups is 1. The van der Waals surface area contributed by atoms with Crippen LogP contribution >= 0.6 is 11.6 Å². The van der Waals surface area contributed by atoms with Crippen molar-refractivity contribution in [2.24, 2.45) is 0 Å². The van der Waals surface area contributed by atoms with Crippen LogP contribution in [0.25, 0.3) is 0 Å². The lowest BCUT2D eigenvalue weighted by atomic mass is 10.2. The van der Waals surface area contributed by atoms with E-state index in [1.807, 2.05) is 6.07 Å². The molecule has 0 unspecified atom stereocenters. The number of halogens is 1. The SMILES string of the molecule is N#Cc1ccc(Cl)cc1N1C(=O)[C@@H](OC(=O)c2ccccc2)[C@@H](OC(=O)c2ccccc2)C1=O. The summed E-state index contributed by atoms with van der Waals surface area (Å²) in [6.45, 7) is 0. The van der Waals surface area contributed by atoms with Gasteiger partial charge in [0.25, 0.3) is 11.8 Å². The van der Waals surface area contributed by atoms with Crippen LogP contribution in [0, 0.1) is 11.3 Å². The van der Waals surface area contributed by atoms with Crippen molar-refractivity contribution in [3.05, 3.63) is 101 Å². The van der Waals surface area contributed by atoms with Crippen molar-refractivity contribution >= 4 is 41.0 Å². The maximum absolute atomic E-state index is 13.3. The van der Waals surface area contributed by atoms with E-state index in [1.54, 1.807) is 36.4 Å². The molecule has 0 N–H and O–H groups in total. The first-order valence-corrected chi connectivity index (χ1v) is 10.4. The molecule has 0 aliphatic carbocycles. The number of amides is 2. The van der Waals surface area contributed by atoms with Gasteiger partial charge in [0.15, 0.2) is 0 Å². The molecule has 1 heterocycles. The molecule has 0 aromatic heterocycles. The van der Waals surface area contributed by atoms with Crippen LogP contribution in [0.15, 0.2) is 78.9 Å². The highest BCUT2D eigenvalue weighted by molar-refractivity contribution is 6.32. The van der Waals surface area contributed by atoms with Crippen LogP contribution in [0.4, 0.5) is 5.69 Å². The highest BCUT2D eigenvalue weighted by atomic mass is 35.5. The predicted octanol–water partition coefficient (Wildman–Crippen LogP) is 3.54. The third kappa shape index (κ3) is 4.37. The van der Waals surface area contributed by atoms with E-state index in [1.165, 1.54) is 42.5 Å². The second kappa shape index (κ2) is 9.57. The Morgan fingerprint density at radius 3 is 1.71 bits per heavy atom. The van der Waals surface area contributed by atoms with Gasteiger partial charge in [-0.15, -0.1) is 0 Å². The summed E-state index contributed by atoms with van der Waals surface area (Å²) in [5.74, 6) is -3.72. The number of nitrogens with zero attached hydrogens (tertiary/aromatic N) is 2. The molecule has 2 atom stereocenters. The molecule has 3 aromatic rings. The molecule has 8 nitrogen and oxygen atoms in total. The molecule has 2 amide bonds. The number of nitriles is 1. The third-order valence-electron chi connectivity index (χ3n) is 5.01. The molecule has 34 heavy (non-hydrogen) atoms. The van der Waals surface area contributed by atoms with Crippen molar-refractivity contribution in [2.75, 3.05) is 4.90 Å². The van der Waals surface area contributed by atoms with Crippen molar-refractivity contribution in [1.29, 1.82) is 5.26 Å². The van der Waals surface area contributed by atoms with Crippen molar-refractivity contribution in [3.8, 4) is 6.07 Å². The van der Waals surface area contributed by atoms with Crippen LogP contribution in [0.3, 0.4) is 0 Å². The van der Waals surface area contributed by atoms with Gasteiger partial charge in [0.05, 0.1) is 22.4 Å². The largest absolute Gasteiger partial charge is 0.444 e. The van der Waals surface area contributed by atoms with E-state index in [0.29, 0.717) is 4.90 Å². The van der Waals surface area contributed by atoms with Gasteiger partial charge in [0.1, 0.15) is 6.07 Å². The third-order valence-corrected chi connectivity index (χ3v) is 5.25. The number of carbonyl (C=O) groups excluding carboxylic acids is 4. The monoisotopic (exact) mass is 474 g/mol. The number of ether oxygens (including phenoxy) is 2. The van der Waals surface area contributed by atoms with Gasteiger partial charge in [-0.3, -0.25) is 9.59 Å². The zero-order valence-corrected chi connectivity index (χ0v) is 18.1. The van der Waals surface area contributed by atoms with Crippen LogP contribution in [0.2, 0.25) is 5.02 Å². The first-order valence-electron chi connectivity index (χ1n) is 10.00. The Morgan fingerprint density at radius 2 is 1.26 bits per heavy atom. The molecule has 1 saturated heterocycles. The van der Waals surface area contributed by atoms with Gasteiger partial charge < -0.3 is 9.47 Å². The van der Waals surface area contributed by atoms with E-state index >= 15 is 0 Å². The van der Waals surface area contributed by atoms with Crippen molar-refractivity contribution < 1.29 is 28.7 Å². The van der Waals surface area contributed by atoms with E-state index in [0.717, 1.165) is 0 Å². The van der Waals surface area contributed by atoms with E-state index in [2.05, 4.69) is 0 Å². The summed E-state index contributed by atoms with van der Waals surface area (Å²) in [6, 6.07) is 21.6. The fourth-order valence-electron chi connectivity index (χ4n) is 3.38. The summed E-state index contributed by atoms with van der Waals surface area (Å²) in [5, 5.41) is 9.61. The van der Waals surface area contributed by atoms with Gasteiger partial charge in [0.2, 0.25) is 12.2 Å². The topological polar surface area (TPSA) is 114 Å². The summed E-state index contributed by atoms with van der Waals surface area (Å²) in [4.78, 5) is 52.5. The molecule has 1 aliphatic heterocycles. The lowest BCUT2D eigenvalue weighted by Gasteiger charge is -2.16. The molecule has 1 aliphatic rings. The molecule has 0 spiro atoms. The summed E-state index contributed by atoms with van der Waals surface area (Å²) < 4.78 is 10.7. The molecular weight excluding hydrogens is 460 g/mol. The number of anilines is 1. The smallest absolute Gasteiger partial charge is 0.339 e. The standard InChI is InChI=1S/C25H15ClN2O6/c26-18-12-11-17(14-27)19(13-18)28-22(29)20(33-24(31)15-7-3-1-4-8-15)21(23(28)30)34-25(32)16-9-5-2-6-10-16/h1-13,20-21H/t20-,21+. The maximum atomic E-state index is 13.3. The minimum Gasteiger partial charge on any atom is -0.444 e. The minimum absolute atomic E-state index is 0.0192. The summed E-state index contributed by atoms with van der Waals surface area (Å²) >= 11 is 6.02. The fraction of sp³-hybridized carbons (Fsp3) is 0.0800. The summed E-state index contributed by atoms with van der Waals surface area (Å²) in [7, 11) is 0. The van der Waals surface area contributed by atoms with Crippen molar-refractivity contribution in [1.82, 2.24) is 0 Å². The highest BCUT2D eigenvalue weighted by Crippen LogP contribution is 2.32. The molecule has 0 radical (unpaired) electrons. The van der Waals surface area contributed by atoms with Gasteiger partial charge in [-0.05, 0) is 42.5 Å². The maximum Gasteiger partial charge on any atom is 0.339 e. The molecule has 1 fully saturated rings. The summed E-state index contributed by atoms with van der Waals surface area (Å²) in [5.41, 5.74) is 0.142. The van der Waals surface area contributed by atoms with Crippen molar-refractivity contribution in [2.45, 2.75) is 12.2 Å². The molecule has 0 saturated carbocycles. The Bertz CT molecular complexity index is 1250. The Morgan fingerprint density at radius 1 is 0.794 bits per heavy atom. The lowest BCUT2D eigenvalue weighted by molar-refractivity contribution is -0.130. The Kier molecular flexibility index (Phi) is 6.39. The number of esters is 2. The van der Waals surface area contributed by atoms with Crippen LogP contribution in [-0.4, -0.2) is 36.0 Å². The Balaban J connectivity index is 1.71. The average molecular weight is 475 g/mol. The van der Waals surface area contributed by atoms with Crippen LogP contribution in [-0.2, 0) is 19.1 Å². The van der Waals surface area contributed by atoms with E-state index in [-0.39, 0.29) is 27.4 Å². The van der Waals surface area contributed by atoms with Gasteiger partial charge in [-0.1, -0.05) is 48.0 Å². The van der Waals surface area contributed by atoms with Crippen LogP contribution < -0.4 is 4.90 Å². The van der Waals surface area contributed by atoms with Crippen LogP contribution in [0.1, 0.15) is 26.3 Å². The summed E-state index contributed by atoms with van der Waals surface area (Å²) in [6.07, 6.45) is -3.53. The van der Waals surface area contributed by atoms with Gasteiger partial charge in [0, 0.05) is 5.02 Å². The molecule has 9 heteroatoms. The number of hydrogen-bond donors (Lipinski definition) is 0. The Hall–Kier alpha value is -4.48. The number of hydrogen-bond acceptors (Lipinski definition) is 7. The molecular formula is C25H15ClN2O6. The molecule has 4 rings (SSSR count). The Labute approximate surface area is 198 Å². The van der Waals surface area contributed by atoms with E-state index in [9.17, 15) is 24.4 Å². The molecule has 0 bridgehead atoms. The molecule has 168 valence electrons. The zero-order valence-electron chi connectivity index (χ0n) is 17.4. The van der Waals surface area contributed by atoms with E-state index in [4.69, 9.17) is 21.1 Å².